The first-order valence-corrected chi connectivity index (χ1v) is 5.45. The third-order valence-electron chi connectivity index (χ3n) is 3.05. The van der Waals surface area contributed by atoms with Crippen LogP contribution in [0, 0.1) is 0 Å². The first kappa shape index (κ1) is 11.5. The molecule has 2 nitrogen and oxygen atoms in total. The topological polar surface area (TPSA) is 15.3 Å². The first-order chi connectivity index (χ1) is 7.66. The van der Waals surface area contributed by atoms with Crippen molar-refractivity contribution in [3.8, 4) is 0 Å². The van der Waals surface area contributed by atoms with Crippen molar-refractivity contribution >= 4 is 0 Å². The molecule has 1 aromatic rings. The summed E-state index contributed by atoms with van der Waals surface area (Å²) in [5.41, 5.74) is 1.18. The summed E-state index contributed by atoms with van der Waals surface area (Å²) in [5.74, 6) is 0. The molecule has 1 aliphatic heterocycles. The average Bonchev–Trinajstić information content (AvgIpc) is 2.15. The molecule has 0 saturated carbocycles. The van der Waals surface area contributed by atoms with Crippen LogP contribution in [0.25, 0.3) is 0 Å². The summed E-state index contributed by atoms with van der Waals surface area (Å²) in [6.45, 7) is 2.85. The summed E-state index contributed by atoms with van der Waals surface area (Å²) in [4.78, 5) is 2.24. The second-order valence-electron chi connectivity index (χ2n) is 4.27. The first-order valence-electron chi connectivity index (χ1n) is 5.45. The number of halogens is 2. The average molecular weight is 226 g/mol. The van der Waals surface area contributed by atoms with E-state index in [9.17, 15) is 8.78 Å². The zero-order valence-corrected chi connectivity index (χ0v) is 9.29. The zero-order chi connectivity index (χ0) is 11.5. The van der Waals surface area contributed by atoms with Crippen LogP contribution < -0.4 is 5.32 Å². The smallest absolute Gasteiger partial charge is 0.263 e. The van der Waals surface area contributed by atoms with Crippen molar-refractivity contribution < 1.29 is 8.78 Å². The van der Waals surface area contributed by atoms with E-state index < -0.39 is 6.43 Å². The van der Waals surface area contributed by atoms with E-state index in [1.807, 2.05) is 0 Å². The number of hydrogen-bond acceptors (Lipinski definition) is 2. The van der Waals surface area contributed by atoms with Gasteiger partial charge in [-0.25, -0.2) is 8.78 Å². The standard InChI is InChI=1S/C12H16F2N2/c1-16(11-6-15-7-11)8-9-2-4-10(5-3-9)12(13)14/h2-5,11-12,15H,6-8H2,1H3. The normalized spacial score (nSPS) is 16.8. The second kappa shape index (κ2) is 4.89. The van der Waals surface area contributed by atoms with E-state index >= 15 is 0 Å². The van der Waals surface area contributed by atoms with Gasteiger partial charge in [0.15, 0.2) is 0 Å². The Morgan fingerprint density at radius 3 is 2.38 bits per heavy atom. The summed E-state index contributed by atoms with van der Waals surface area (Å²) < 4.78 is 24.7. The predicted molar refractivity (Wildman–Crippen MR) is 59.5 cm³/mol. The van der Waals surface area contributed by atoms with Gasteiger partial charge in [-0.1, -0.05) is 24.3 Å². The summed E-state index contributed by atoms with van der Waals surface area (Å²) in [6, 6.07) is 7.16. The Morgan fingerprint density at radius 1 is 1.31 bits per heavy atom. The Kier molecular flexibility index (Phi) is 3.51. The molecule has 1 heterocycles. The number of alkyl halides is 2. The van der Waals surface area contributed by atoms with Gasteiger partial charge in [0.2, 0.25) is 0 Å². The minimum atomic E-state index is -2.37. The van der Waals surface area contributed by atoms with Crippen molar-refractivity contribution in [1.82, 2.24) is 10.2 Å². The molecule has 16 heavy (non-hydrogen) atoms. The number of hydrogen-bond donors (Lipinski definition) is 1. The minimum Gasteiger partial charge on any atom is -0.314 e. The van der Waals surface area contributed by atoms with Gasteiger partial charge in [-0.3, -0.25) is 4.90 Å². The maximum Gasteiger partial charge on any atom is 0.263 e. The third-order valence-corrected chi connectivity index (χ3v) is 3.05. The summed E-state index contributed by atoms with van der Waals surface area (Å²) in [5, 5.41) is 3.21. The molecule has 88 valence electrons. The van der Waals surface area contributed by atoms with Crippen LogP contribution in [0.2, 0.25) is 0 Å². The van der Waals surface area contributed by atoms with Crippen molar-refractivity contribution in [2.75, 3.05) is 20.1 Å². The van der Waals surface area contributed by atoms with Crippen molar-refractivity contribution in [2.24, 2.45) is 0 Å². The fourth-order valence-corrected chi connectivity index (χ4v) is 1.77. The Hall–Kier alpha value is -1.00. The van der Waals surface area contributed by atoms with Gasteiger partial charge in [-0.2, -0.15) is 0 Å². The maximum absolute atomic E-state index is 12.3. The Bertz CT molecular complexity index is 333. The molecular weight excluding hydrogens is 210 g/mol. The number of nitrogens with one attached hydrogen (secondary N) is 1. The van der Waals surface area contributed by atoms with Crippen LogP contribution in [0.15, 0.2) is 24.3 Å². The van der Waals surface area contributed by atoms with Crippen molar-refractivity contribution in [2.45, 2.75) is 19.0 Å². The van der Waals surface area contributed by atoms with Crippen LogP contribution in [0.3, 0.4) is 0 Å². The van der Waals surface area contributed by atoms with E-state index in [0.717, 1.165) is 25.2 Å². The molecule has 1 aliphatic rings. The highest BCUT2D eigenvalue weighted by atomic mass is 19.3. The maximum atomic E-state index is 12.3. The zero-order valence-electron chi connectivity index (χ0n) is 9.29. The lowest BCUT2D eigenvalue weighted by Gasteiger charge is -2.35. The molecule has 1 N–H and O–H groups in total. The van der Waals surface area contributed by atoms with E-state index in [4.69, 9.17) is 0 Å². The van der Waals surface area contributed by atoms with Crippen LogP contribution in [0.5, 0.6) is 0 Å². The van der Waals surface area contributed by atoms with Crippen molar-refractivity contribution in [3.05, 3.63) is 35.4 Å². The summed E-state index contributed by atoms with van der Waals surface area (Å²) in [6.07, 6.45) is -2.37. The fraction of sp³-hybridized carbons (Fsp3) is 0.500. The Morgan fingerprint density at radius 2 is 1.94 bits per heavy atom. The third kappa shape index (κ3) is 2.57. The van der Waals surface area contributed by atoms with Crippen molar-refractivity contribution in [3.63, 3.8) is 0 Å². The lowest BCUT2D eigenvalue weighted by atomic mass is 10.1. The van der Waals surface area contributed by atoms with E-state index in [0.29, 0.717) is 6.04 Å². The largest absolute Gasteiger partial charge is 0.314 e. The van der Waals surface area contributed by atoms with Gasteiger partial charge in [0.05, 0.1) is 0 Å². The van der Waals surface area contributed by atoms with E-state index in [-0.39, 0.29) is 5.56 Å². The van der Waals surface area contributed by atoms with E-state index in [1.165, 1.54) is 12.1 Å². The van der Waals surface area contributed by atoms with Crippen LogP contribution in [0.4, 0.5) is 8.78 Å². The summed E-state index contributed by atoms with van der Waals surface area (Å²) >= 11 is 0. The summed E-state index contributed by atoms with van der Waals surface area (Å²) in [7, 11) is 2.06. The van der Waals surface area contributed by atoms with Gasteiger partial charge in [0, 0.05) is 31.2 Å². The number of likely N-dealkylation sites (N-methyl/N-ethyl adjacent to an activating group) is 1. The molecular formula is C12H16F2N2. The SMILES string of the molecule is CN(Cc1ccc(C(F)F)cc1)C1CNC1. The highest BCUT2D eigenvalue weighted by Gasteiger charge is 2.21. The second-order valence-corrected chi connectivity index (χ2v) is 4.27. The van der Waals surface area contributed by atoms with Gasteiger partial charge < -0.3 is 5.32 Å². The molecule has 0 radical (unpaired) electrons. The highest BCUT2D eigenvalue weighted by molar-refractivity contribution is 5.23. The Labute approximate surface area is 94.3 Å². The molecule has 0 amide bonds. The van der Waals surface area contributed by atoms with Gasteiger partial charge in [-0.15, -0.1) is 0 Å². The molecule has 0 aromatic heterocycles. The number of nitrogens with zero attached hydrogens (tertiary/aromatic N) is 1. The highest BCUT2D eigenvalue weighted by Crippen LogP contribution is 2.19. The van der Waals surface area contributed by atoms with Crippen molar-refractivity contribution in [1.29, 1.82) is 0 Å². The monoisotopic (exact) mass is 226 g/mol. The lowest BCUT2D eigenvalue weighted by Crippen LogP contribution is -2.55. The molecule has 4 heteroatoms. The number of rotatable bonds is 4. The Balaban J connectivity index is 1.93. The molecule has 0 atom stereocenters. The number of benzene rings is 1. The molecule has 0 unspecified atom stereocenters. The van der Waals surface area contributed by atoms with E-state index in [1.54, 1.807) is 12.1 Å². The molecule has 1 fully saturated rings. The predicted octanol–water partition coefficient (Wildman–Crippen LogP) is 2.03. The lowest BCUT2D eigenvalue weighted by molar-refractivity contribution is 0.151. The van der Waals surface area contributed by atoms with Crippen LogP contribution >= 0.6 is 0 Å². The fourth-order valence-electron chi connectivity index (χ4n) is 1.77. The van der Waals surface area contributed by atoms with Crippen LogP contribution in [-0.4, -0.2) is 31.1 Å². The van der Waals surface area contributed by atoms with Gasteiger partial charge in [0.1, 0.15) is 0 Å². The van der Waals surface area contributed by atoms with Crippen LogP contribution in [0.1, 0.15) is 17.6 Å². The molecule has 0 aliphatic carbocycles. The van der Waals surface area contributed by atoms with Gasteiger partial charge >= 0.3 is 0 Å². The van der Waals surface area contributed by atoms with Gasteiger partial charge in [0.25, 0.3) is 6.43 Å². The molecule has 1 aromatic carbocycles. The quantitative estimate of drug-likeness (QED) is 0.845. The van der Waals surface area contributed by atoms with E-state index in [2.05, 4.69) is 17.3 Å². The van der Waals surface area contributed by atoms with Gasteiger partial charge in [-0.05, 0) is 12.6 Å². The molecule has 0 spiro atoms. The molecule has 0 bridgehead atoms. The minimum absolute atomic E-state index is 0.0942. The van der Waals surface area contributed by atoms with Crippen LogP contribution in [-0.2, 0) is 6.54 Å². The molecule has 2 rings (SSSR count). The molecule has 1 saturated heterocycles.